The van der Waals surface area contributed by atoms with Gasteiger partial charge in [0.1, 0.15) is 24.3 Å². The van der Waals surface area contributed by atoms with Gasteiger partial charge in [-0.05, 0) is 99.1 Å². The number of carbonyl (C=O) groups is 1. The van der Waals surface area contributed by atoms with Crippen molar-refractivity contribution in [2.24, 2.45) is 0 Å². The molecule has 3 aromatic heterocycles. The molecule has 9 nitrogen and oxygen atoms in total. The van der Waals surface area contributed by atoms with Crippen molar-refractivity contribution in [1.29, 1.82) is 0 Å². The number of rotatable bonds is 6. The molecule has 2 aliphatic heterocycles. The maximum absolute atomic E-state index is 13.9. The van der Waals surface area contributed by atoms with Gasteiger partial charge in [-0.1, -0.05) is 24.3 Å². The third-order valence-corrected chi connectivity index (χ3v) is 9.64. The molecular formula is C36H36N6O3. The van der Waals surface area contributed by atoms with Crippen LogP contribution in [0.1, 0.15) is 64.6 Å². The largest absolute Gasteiger partial charge is 0.491 e. The Morgan fingerprint density at radius 2 is 1.73 bits per heavy atom. The Balaban J connectivity index is 1.13. The van der Waals surface area contributed by atoms with E-state index in [4.69, 9.17) is 9.72 Å². The van der Waals surface area contributed by atoms with Crippen LogP contribution in [-0.2, 0) is 6.61 Å². The molecule has 1 saturated carbocycles. The Kier molecular flexibility index (Phi) is 7.07. The van der Waals surface area contributed by atoms with E-state index in [1.54, 1.807) is 4.90 Å². The molecule has 0 atom stereocenters. The number of aliphatic hydroxyl groups is 1. The molecule has 2 aromatic carbocycles. The Labute approximate surface area is 261 Å². The van der Waals surface area contributed by atoms with Crippen molar-refractivity contribution >= 4 is 22.6 Å². The average Bonchev–Trinajstić information content (AvgIpc) is 3.86. The van der Waals surface area contributed by atoms with E-state index in [2.05, 4.69) is 39.0 Å². The van der Waals surface area contributed by atoms with Gasteiger partial charge in [0.15, 0.2) is 0 Å². The summed E-state index contributed by atoms with van der Waals surface area (Å²) in [6.07, 6.45) is 8.21. The number of hydrogen-bond donors (Lipinski definition) is 2. The van der Waals surface area contributed by atoms with Gasteiger partial charge < -0.3 is 24.6 Å². The van der Waals surface area contributed by atoms with Gasteiger partial charge in [-0.15, -0.1) is 0 Å². The Morgan fingerprint density at radius 3 is 2.51 bits per heavy atom. The van der Waals surface area contributed by atoms with Crippen molar-refractivity contribution in [3.8, 4) is 28.4 Å². The maximum Gasteiger partial charge on any atom is 0.262 e. The number of anilines is 1. The van der Waals surface area contributed by atoms with Crippen molar-refractivity contribution in [2.45, 2.75) is 44.1 Å². The van der Waals surface area contributed by atoms with Crippen LogP contribution in [0.25, 0.3) is 33.7 Å². The highest BCUT2D eigenvalue weighted by Gasteiger charge is 2.30. The molecule has 0 spiro atoms. The molecule has 0 unspecified atom stereocenters. The van der Waals surface area contributed by atoms with Gasteiger partial charge in [0.25, 0.3) is 5.91 Å². The molecule has 8 rings (SSSR count). The molecule has 0 radical (unpaired) electrons. The fourth-order valence-electron chi connectivity index (χ4n) is 6.89. The van der Waals surface area contributed by atoms with Crippen molar-refractivity contribution in [3.05, 3.63) is 89.4 Å². The van der Waals surface area contributed by atoms with Crippen LogP contribution < -0.4 is 9.64 Å². The minimum Gasteiger partial charge on any atom is -0.491 e. The van der Waals surface area contributed by atoms with Crippen LogP contribution in [0.5, 0.6) is 5.75 Å². The molecule has 5 heterocycles. The number of nitrogens with zero attached hydrogens (tertiary/aromatic N) is 5. The van der Waals surface area contributed by atoms with E-state index in [0.717, 1.165) is 48.3 Å². The number of pyridine rings is 1. The summed E-state index contributed by atoms with van der Waals surface area (Å²) >= 11 is 0. The summed E-state index contributed by atoms with van der Waals surface area (Å²) in [6.45, 7) is 2.70. The highest BCUT2D eigenvalue weighted by atomic mass is 16.5. The van der Waals surface area contributed by atoms with Gasteiger partial charge in [0, 0.05) is 22.7 Å². The van der Waals surface area contributed by atoms with Gasteiger partial charge in [-0.3, -0.25) is 9.78 Å². The molecule has 45 heavy (non-hydrogen) atoms. The lowest BCUT2D eigenvalue weighted by Gasteiger charge is -2.29. The molecule has 3 aliphatic rings. The predicted molar refractivity (Wildman–Crippen MR) is 174 cm³/mol. The summed E-state index contributed by atoms with van der Waals surface area (Å²) in [6, 6.07) is 18.0. The SMILES string of the molecule is CN1CCC(c2ccc(-c3cc4c(-c5cccc(N6CCOc7cc(C8CC8)ccc7C6=O)c5CO)ncnc4[nH]3)nc2)CC1. The zero-order chi connectivity index (χ0) is 30.5. The molecule has 1 aliphatic carbocycles. The number of fused-ring (bicyclic) bond motifs is 2. The van der Waals surface area contributed by atoms with E-state index in [1.807, 2.05) is 48.7 Å². The number of benzene rings is 2. The van der Waals surface area contributed by atoms with Gasteiger partial charge >= 0.3 is 0 Å². The Bertz CT molecular complexity index is 1890. The maximum atomic E-state index is 13.9. The lowest BCUT2D eigenvalue weighted by atomic mass is 9.90. The van der Waals surface area contributed by atoms with Crippen molar-refractivity contribution in [3.63, 3.8) is 0 Å². The third-order valence-electron chi connectivity index (χ3n) is 9.64. The number of H-pyrrole nitrogens is 1. The minimum absolute atomic E-state index is 0.136. The van der Waals surface area contributed by atoms with Gasteiger partial charge in [-0.2, -0.15) is 0 Å². The average molecular weight is 601 g/mol. The second-order valence-corrected chi connectivity index (χ2v) is 12.5. The standard InChI is InChI=1S/C36H36N6O3/c1-41-13-11-23(12-14-41)25-8-10-30(37-19-25)31-18-28-34(38-21-39-35(28)40-31)26-3-2-4-32(29(26)20-43)42-15-16-45-33-17-24(22-5-6-22)7-9-27(33)36(42)44/h2-4,7-10,17-19,21-23,43H,5-6,11-16,20H2,1H3,(H,38,39,40). The van der Waals surface area contributed by atoms with Crippen molar-refractivity contribution < 1.29 is 14.6 Å². The van der Waals surface area contributed by atoms with Crippen LogP contribution in [-0.4, -0.2) is 69.1 Å². The molecule has 1 amide bonds. The number of likely N-dealkylation sites (tertiary alicyclic amines) is 1. The normalized spacial score (nSPS) is 17.7. The number of aliphatic hydroxyl groups excluding tert-OH is 1. The van der Waals surface area contributed by atoms with Crippen LogP contribution in [0.3, 0.4) is 0 Å². The molecule has 228 valence electrons. The van der Waals surface area contributed by atoms with Crippen molar-refractivity contribution in [1.82, 2.24) is 24.8 Å². The van der Waals surface area contributed by atoms with E-state index >= 15 is 0 Å². The number of amides is 1. The van der Waals surface area contributed by atoms with E-state index in [-0.39, 0.29) is 12.5 Å². The number of hydrogen-bond acceptors (Lipinski definition) is 7. The minimum atomic E-state index is -0.258. The Hall–Kier alpha value is -4.60. The first-order valence-corrected chi connectivity index (χ1v) is 15.9. The molecule has 2 fully saturated rings. The van der Waals surface area contributed by atoms with Crippen LogP contribution in [0, 0.1) is 0 Å². The summed E-state index contributed by atoms with van der Waals surface area (Å²) in [5.74, 6) is 1.62. The topological polar surface area (TPSA) is 107 Å². The highest BCUT2D eigenvalue weighted by molar-refractivity contribution is 6.09. The number of aromatic amines is 1. The summed E-state index contributed by atoms with van der Waals surface area (Å²) < 4.78 is 6.07. The molecule has 5 aromatic rings. The van der Waals surface area contributed by atoms with Gasteiger partial charge in [-0.25, -0.2) is 9.97 Å². The first kappa shape index (κ1) is 27.9. The van der Waals surface area contributed by atoms with Gasteiger partial charge in [0.05, 0.1) is 41.5 Å². The number of aromatic nitrogens is 4. The van der Waals surface area contributed by atoms with E-state index < -0.39 is 0 Å². The van der Waals surface area contributed by atoms with Crippen LogP contribution in [0.4, 0.5) is 5.69 Å². The number of ether oxygens (including phenoxy) is 1. The first-order valence-electron chi connectivity index (χ1n) is 15.9. The first-order chi connectivity index (χ1) is 22.1. The number of piperidine rings is 1. The van der Waals surface area contributed by atoms with E-state index in [9.17, 15) is 9.90 Å². The molecule has 1 saturated heterocycles. The fourth-order valence-corrected chi connectivity index (χ4v) is 6.89. The summed E-state index contributed by atoms with van der Waals surface area (Å²) in [4.78, 5) is 35.4. The zero-order valence-corrected chi connectivity index (χ0v) is 25.4. The van der Waals surface area contributed by atoms with Crippen LogP contribution >= 0.6 is 0 Å². The summed E-state index contributed by atoms with van der Waals surface area (Å²) in [5.41, 5.74) is 8.15. The lowest BCUT2D eigenvalue weighted by Crippen LogP contribution is -2.33. The quantitative estimate of drug-likeness (QED) is 0.250. The second kappa shape index (κ2) is 11.4. The highest BCUT2D eigenvalue weighted by Crippen LogP contribution is 2.43. The Morgan fingerprint density at radius 1 is 0.911 bits per heavy atom. The van der Waals surface area contributed by atoms with E-state index in [0.29, 0.717) is 58.9 Å². The number of nitrogens with one attached hydrogen (secondary N) is 1. The van der Waals surface area contributed by atoms with Crippen LogP contribution in [0.15, 0.2) is 67.1 Å². The van der Waals surface area contributed by atoms with Crippen molar-refractivity contribution in [2.75, 3.05) is 38.2 Å². The second-order valence-electron chi connectivity index (χ2n) is 12.5. The molecule has 2 N–H and O–H groups in total. The lowest BCUT2D eigenvalue weighted by molar-refractivity contribution is 0.0989. The smallest absolute Gasteiger partial charge is 0.262 e. The molecular weight excluding hydrogens is 564 g/mol. The third kappa shape index (κ3) is 5.15. The molecule has 9 heteroatoms. The van der Waals surface area contributed by atoms with E-state index in [1.165, 1.54) is 30.3 Å². The monoisotopic (exact) mass is 600 g/mol. The van der Waals surface area contributed by atoms with Crippen LogP contribution in [0.2, 0.25) is 0 Å². The summed E-state index contributed by atoms with van der Waals surface area (Å²) in [7, 11) is 2.18. The summed E-state index contributed by atoms with van der Waals surface area (Å²) in [5, 5.41) is 11.5. The zero-order valence-electron chi connectivity index (χ0n) is 25.4. The predicted octanol–water partition coefficient (Wildman–Crippen LogP) is 5.91. The number of carbonyl (C=O) groups excluding carboxylic acids is 1. The molecule has 0 bridgehead atoms. The fraction of sp³-hybridized carbons (Fsp3) is 0.333. The van der Waals surface area contributed by atoms with Gasteiger partial charge in [0.2, 0.25) is 0 Å².